The standard InChI is InChI=1S/C23H24N2O5.C22H25NO5.C16H15BrO4.C16H14O4.C12H11BrO2.C12H12O2.C10H7BrO2.CH3.W/c26-22-4-3-18(23(27)24-22)20-14-30-21-13-15-1-2-17(11-16(15)12-19(20)21)29-10-7-25-5-8-28-9-6-25;1-2-26-22(24)14-18-15-28-21-13-16-3-4-19(11-17(16)12-20(18)21)27-10-7-23-5-8-25-9-6-23;1-2-20-16(19)4-3-7-21-15-10-11-5-6-13(18)8-12(11)9-14(15)17;1-2-19-16(18)8-12-9-20-15-7-10-3-4-13(17)5-11(10)6-14(12)15;1-14-10-4-3-8-7-12(15-2)11(13)6-9(8)5-10;1-13-11-5-3-10-8-12(14-2)6-4-9(10)7-11;11-9-4-7-3-8(12)2-1-6(7)5-10(9)13;;/h1-2,11-14,18H,3-10H2,(H,24,26,27);3-4,11-13,15H,2,5-10,14H2,1H3;3-6,8-10,18H,2,7H2,1H3;3-7,9,17H,2,8H2,1H3;3-7H,1-2H3;3-8H,1-2H3;1-5,12-13H;1H3;/q;;;;;;;-1;/b;;4-3+;;;;;;. The average Bonchev–Trinajstić information content (AvgIpc) is 1.65. The van der Waals surface area contributed by atoms with E-state index < -0.39 is 0 Å². The molecule has 0 radical (unpaired) electrons. The van der Waals surface area contributed by atoms with Crippen molar-refractivity contribution in [3.63, 3.8) is 0 Å². The molecule has 3 aromatic heterocycles. The number of methoxy groups -OCH3 is 4. The number of hydrogen-bond donors (Lipinski definition) is 5. The summed E-state index contributed by atoms with van der Waals surface area (Å²) in [6.07, 6.45) is 9.05. The summed E-state index contributed by atoms with van der Waals surface area (Å²) in [5.74, 6) is 4.93. The van der Waals surface area contributed by atoms with Gasteiger partial charge in [0.2, 0.25) is 11.8 Å². The zero-order chi connectivity index (χ0) is 99.4. The fraction of sp³-hybridized carbons (Fsp3) is 0.250. The van der Waals surface area contributed by atoms with Crippen molar-refractivity contribution < 1.29 is 136 Å². The van der Waals surface area contributed by atoms with Crippen LogP contribution in [-0.4, -0.2) is 194 Å². The average molecular weight is 2310 g/mol. The molecule has 0 spiro atoms. The van der Waals surface area contributed by atoms with Gasteiger partial charge < -0.3 is 97.9 Å². The van der Waals surface area contributed by atoms with E-state index in [1.165, 1.54) is 6.08 Å². The number of phenols is 4. The van der Waals surface area contributed by atoms with E-state index in [-0.39, 0.29) is 107 Å². The van der Waals surface area contributed by atoms with E-state index in [2.05, 4.69) is 69.0 Å². The van der Waals surface area contributed by atoms with Gasteiger partial charge in [-0.25, -0.2) is 4.79 Å². The van der Waals surface area contributed by atoms with Crippen molar-refractivity contribution in [1.82, 2.24) is 15.1 Å². The van der Waals surface area contributed by atoms with Crippen LogP contribution < -0.4 is 38.5 Å². The van der Waals surface area contributed by atoms with Crippen LogP contribution in [-0.2, 0) is 81.6 Å². The molecular weight excluding hydrogens is 2190 g/mol. The minimum Gasteiger partial charge on any atom is -0.508 e. The van der Waals surface area contributed by atoms with Crippen LogP contribution in [0.15, 0.2) is 276 Å². The van der Waals surface area contributed by atoms with Crippen LogP contribution in [0.2, 0.25) is 0 Å². The number of carbonyl (C=O) groups excluding carboxylic acids is 5. The van der Waals surface area contributed by atoms with Crippen molar-refractivity contribution in [1.29, 1.82) is 0 Å². The normalized spacial score (nSPS) is 13.5. The van der Waals surface area contributed by atoms with Gasteiger partial charge in [0.1, 0.15) is 99.8 Å². The minimum atomic E-state index is -0.380. The van der Waals surface area contributed by atoms with E-state index in [1.807, 2.05) is 158 Å². The van der Waals surface area contributed by atoms with Crippen LogP contribution in [0.1, 0.15) is 56.2 Å². The first-order valence-corrected chi connectivity index (χ1v) is 48.2. The van der Waals surface area contributed by atoms with Crippen LogP contribution in [0.25, 0.3) is 108 Å². The zero-order valence-corrected chi connectivity index (χ0v) is 88.0. The molecule has 3 aliphatic rings. The first-order chi connectivity index (χ1) is 68.4. The van der Waals surface area contributed by atoms with Crippen molar-refractivity contribution in [2.45, 2.75) is 52.4 Å². The quantitative estimate of drug-likeness (QED) is 0.0123. The Labute approximate surface area is 866 Å². The number of phenolic OH excluding ortho intramolecular Hbond substituents is 4. The molecule has 1 unspecified atom stereocenters. The van der Waals surface area contributed by atoms with E-state index in [0.29, 0.717) is 56.1 Å². The fourth-order valence-corrected chi connectivity index (χ4v) is 17.5. The fourth-order valence-electron chi connectivity index (χ4n) is 16.1. The van der Waals surface area contributed by atoms with Crippen LogP contribution in [0.3, 0.4) is 0 Å². The van der Waals surface area contributed by atoms with Gasteiger partial charge >= 0.3 is 17.9 Å². The number of amides is 2. The molecule has 6 heterocycles. The number of hydrogen-bond acceptors (Lipinski definition) is 26. The molecule has 2 amide bonds. The predicted molar refractivity (Wildman–Crippen MR) is 562 cm³/mol. The predicted octanol–water partition coefficient (Wildman–Crippen LogP) is 23.4. The summed E-state index contributed by atoms with van der Waals surface area (Å²) in [5.41, 5.74) is 4.70. The Morgan fingerprint density at radius 2 is 0.783 bits per heavy atom. The molecule has 1 atom stereocenters. The number of ether oxygens (including phenoxy) is 12. The molecular formula is C112H111Br3N3O24W-. The maximum atomic E-state index is 12.3. The first kappa shape index (κ1) is 108. The second kappa shape index (κ2) is 53.1. The number of morpholine rings is 2. The van der Waals surface area contributed by atoms with Crippen LogP contribution in [0.4, 0.5) is 0 Å². The Morgan fingerprint density at radius 3 is 1.24 bits per heavy atom. The Bertz CT molecular complexity index is 7270. The molecule has 5 N–H and O–H groups in total. The van der Waals surface area contributed by atoms with E-state index in [9.17, 15) is 44.4 Å². The summed E-state index contributed by atoms with van der Waals surface area (Å²) in [7, 11) is 6.67. The summed E-state index contributed by atoms with van der Waals surface area (Å²) in [6.45, 7) is 16.7. The number of piperidine rings is 1. The molecule has 143 heavy (non-hydrogen) atoms. The van der Waals surface area contributed by atoms with Gasteiger partial charge in [0.05, 0.1) is 126 Å². The zero-order valence-electron chi connectivity index (χ0n) is 80.3. The smallest absolute Gasteiger partial charge is 0.330 e. The number of rotatable bonds is 24. The number of esters is 3. The molecule has 31 heteroatoms. The van der Waals surface area contributed by atoms with Gasteiger partial charge in [0.15, 0.2) is 0 Å². The monoisotopic (exact) mass is 2300 g/mol. The second-order valence-corrected chi connectivity index (χ2v) is 35.3. The van der Waals surface area contributed by atoms with E-state index in [0.717, 1.165) is 234 Å². The minimum absolute atomic E-state index is 0. The topological polar surface area (TPSA) is 335 Å². The SMILES string of the molecule is CCOC(=O)/C=C/COc1cc2ccc(O)cc2cc1Br.CCOC(=O)Cc1coc2cc3ccc(O)cc3cc12.CCOC(=O)Cc1coc2cc3ccc(OCCN4CCOCC4)cc3cc12.COc1ccc2cc(OC)c(Br)cc2c1.COc1ccc2cc(OC)ccc2c1.O=C1CCC(c2coc3cc4ccc(OCCN5CCOCC5)cc4cc23)C(=O)N1.Oc1ccc2cc(O)c(Br)cc2c1.[CH3-].[W]. The number of benzene rings is 14. The molecule has 0 saturated carbocycles. The first-order valence-electron chi connectivity index (χ1n) is 45.9. The third-order valence-electron chi connectivity index (χ3n) is 23.4. The third-order valence-corrected chi connectivity index (χ3v) is 25.3. The number of nitrogens with zero attached hydrogens (tertiary/aromatic N) is 2. The van der Waals surface area contributed by atoms with E-state index in [4.69, 9.17) is 70.1 Å². The van der Waals surface area contributed by atoms with Crippen molar-refractivity contribution in [2.24, 2.45) is 0 Å². The van der Waals surface area contributed by atoms with Gasteiger partial charge in [-0.1, -0.05) is 48.5 Å². The van der Waals surface area contributed by atoms with Crippen molar-refractivity contribution >= 4 is 186 Å². The number of furan rings is 3. The van der Waals surface area contributed by atoms with Gasteiger partial charge in [-0.2, -0.15) is 0 Å². The Balaban J connectivity index is 0.000000151. The molecule has 3 aliphatic heterocycles. The number of imide groups is 1. The Hall–Kier alpha value is -13.4. The van der Waals surface area contributed by atoms with Crippen LogP contribution in [0, 0.1) is 7.43 Å². The summed E-state index contributed by atoms with van der Waals surface area (Å²) in [4.78, 5) is 63.0. The van der Waals surface area contributed by atoms with E-state index in [1.54, 1.807) is 129 Å². The molecule has 0 aliphatic carbocycles. The summed E-state index contributed by atoms with van der Waals surface area (Å²) in [6, 6.07) is 68.4. The summed E-state index contributed by atoms with van der Waals surface area (Å²) >= 11 is 10.1. The Kier molecular flexibility index (Phi) is 40.2. The third kappa shape index (κ3) is 29.9. The van der Waals surface area contributed by atoms with Gasteiger partial charge in [0.25, 0.3) is 0 Å². The molecule has 0 bridgehead atoms. The van der Waals surface area contributed by atoms with Crippen molar-refractivity contribution in [2.75, 3.05) is 134 Å². The van der Waals surface area contributed by atoms with Gasteiger partial charge in [-0.05, 0) is 326 Å². The second-order valence-electron chi connectivity index (χ2n) is 32.8. The van der Waals surface area contributed by atoms with Gasteiger partial charge in [-0.3, -0.25) is 34.3 Å². The summed E-state index contributed by atoms with van der Waals surface area (Å²) in [5, 5.41) is 57.1. The molecule has 3 saturated heterocycles. The van der Waals surface area contributed by atoms with Crippen molar-refractivity contribution in [3.05, 3.63) is 287 Å². The number of nitrogens with one attached hydrogen (secondary N) is 1. The van der Waals surface area contributed by atoms with Crippen molar-refractivity contribution in [3.8, 4) is 63.2 Å². The summed E-state index contributed by atoms with van der Waals surface area (Å²) < 4.78 is 83.0. The molecule has 17 aromatic rings. The molecule has 3 fully saturated rings. The Morgan fingerprint density at radius 1 is 0.413 bits per heavy atom. The number of halogens is 3. The molecule has 14 aromatic carbocycles. The number of fused-ring (bicyclic) bond motifs is 10. The molecule has 20 rings (SSSR count). The maximum Gasteiger partial charge on any atom is 0.330 e. The number of aromatic hydroxyl groups is 4. The maximum absolute atomic E-state index is 12.3. The molecule has 746 valence electrons. The van der Waals surface area contributed by atoms with Crippen LogP contribution >= 0.6 is 47.8 Å². The van der Waals surface area contributed by atoms with Gasteiger partial charge in [0, 0.05) is 106 Å². The van der Waals surface area contributed by atoms with Gasteiger partial charge in [-0.15, -0.1) is 0 Å². The largest absolute Gasteiger partial charge is 0.508 e. The van der Waals surface area contributed by atoms with Crippen LogP contribution in [0.5, 0.6) is 63.2 Å². The molecule has 27 nitrogen and oxygen atoms in total. The number of carbonyl (C=O) groups is 5. The van der Waals surface area contributed by atoms with E-state index >= 15 is 0 Å².